The Morgan fingerprint density at radius 1 is 1.03 bits per heavy atom. The van der Waals surface area contributed by atoms with E-state index in [9.17, 15) is 4.39 Å². The largest absolute Gasteiger partial charge is 0.306 e. The minimum Gasteiger partial charge on any atom is -0.306 e. The minimum absolute atomic E-state index is 0.235. The topological polar surface area (TPSA) is 72.1 Å². The van der Waals surface area contributed by atoms with Gasteiger partial charge in [-0.1, -0.05) is 0 Å². The first kappa shape index (κ1) is 18.1. The summed E-state index contributed by atoms with van der Waals surface area (Å²) in [6, 6.07) is 5.19. The van der Waals surface area contributed by atoms with Gasteiger partial charge in [0.05, 0.1) is 17.6 Å². The van der Waals surface area contributed by atoms with Gasteiger partial charge in [0.25, 0.3) is 0 Å². The highest BCUT2D eigenvalue weighted by Gasteiger charge is 2.22. The van der Waals surface area contributed by atoms with Gasteiger partial charge in [-0.25, -0.2) is 18.9 Å². The predicted octanol–water partition coefficient (Wildman–Crippen LogP) is 3.30. The molecule has 4 aromatic rings. The lowest BCUT2D eigenvalue weighted by atomic mass is 9.96. The second-order valence-electron chi connectivity index (χ2n) is 7.94. The van der Waals surface area contributed by atoms with Crippen molar-refractivity contribution in [1.82, 2.24) is 34.7 Å². The number of likely N-dealkylation sites (tertiary alicyclic amines) is 1. The highest BCUT2D eigenvalue weighted by atomic mass is 19.1. The number of nitrogens with zero attached hydrogens (tertiary/aromatic N) is 7. The van der Waals surface area contributed by atoms with Crippen LogP contribution in [0.15, 0.2) is 24.4 Å². The van der Waals surface area contributed by atoms with E-state index in [4.69, 9.17) is 0 Å². The van der Waals surface area contributed by atoms with E-state index >= 15 is 0 Å². The van der Waals surface area contributed by atoms with Gasteiger partial charge in [0.1, 0.15) is 11.0 Å². The average molecular weight is 391 g/mol. The summed E-state index contributed by atoms with van der Waals surface area (Å²) in [6.07, 6.45) is 3.80. The molecule has 0 atom stereocenters. The van der Waals surface area contributed by atoms with E-state index in [1.807, 2.05) is 26.1 Å². The van der Waals surface area contributed by atoms with E-state index in [1.165, 1.54) is 6.07 Å². The maximum Gasteiger partial charge on any atom is 0.156 e. The number of halogens is 1. The van der Waals surface area contributed by atoms with Crippen molar-refractivity contribution in [3.8, 4) is 11.3 Å². The number of rotatable bonds is 2. The van der Waals surface area contributed by atoms with Gasteiger partial charge in [-0.15, -0.1) is 10.2 Å². The van der Waals surface area contributed by atoms with Gasteiger partial charge in [0.15, 0.2) is 17.3 Å². The third-order valence-electron chi connectivity index (χ3n) is 5.64. The van der Waals surface area contributed by atoms with E-state index in [0.717, 1.165) is 42.8 Å². The molecule has 4 heterocycles. The van der Waals surface area contributed by atoms with Crippen molar-refractivity contribution in [3.05, 3.63) is 47.3 Å². The molecule has 29 heavy (non-hydrogen) atoms. The van der Waals surface area contributed by atoms with E-state index in [1.54, 1.807) is 10.6 Å². The summed E-state index contributed by atoms with van der Waals surface area (Å²) in [5.41, 5.74) is 4.69. The third kappa shape index (κ3) is 3.23. The zero-order chi connectivity index (χ0) is 20.1. The van der Waals surface area contributed by atoms with Crippen LogP contribution >= 0.6 is 0 Å². The molecule has 0 saturated carbocycles. The molecule has 0 radical (unpaired) electrons. The molecule has 1 saturated heterocycles. The highest BCUT2D eigenvalue weighted by Crippen LogP contribution is 2.28. The number of imidazole rings is 1. The second-order valence-corrected chi connectivity index (χ2v) is 7.94. The first-order valence-electron chi connectivity index (χ1n) is 9.84. The lowest BCUT2D eigenvalue weighted by molar-refractivity contribution is 0.250. The van der Waals surface area contributed by atoms with Gasteiger partial charge in [0, 0.05) is 11.5 Å². The Kier molecular flexibility index (Phi) is 4.24. The summed E-state index contributed by atoms with van der Waals surface area (Å²) in [6.45, 7) is 5.88. The summed E-state index contributed by atoms with van der Waals surface area (Å²) in [4.78, 5) is 11.3. The number of aromatic nitrogens is 6. The molecular formula is C21H22FN7. The van der Waals surface area contributed by atoms with Crippen LogP contribution in [0.5, 0.6) is 0 Å². The van der Waals surface area contributed by atoms with Gasteiger partial charge >= 0.3 is 0 Å². The molecule has 0 amide bonds. The first-order chi connectivity index (χ1) is 14.0. The number of hydrogen-bond donors (Lipinski definition) is 0. The lowest BCUT2D eigenvalue weighted by Crippen LogP contribution is -2.30. The first-order valence-corrected chi connectivity index (χ1v) is 9.84. The number of hydrogen-bond acceptors (Lipinski definition) is 6. The Bertz CT molecular complexity index is 1220. The smallest absolute Gasteiger partial charge is 0.156 e. The van der Waals surface area contributed by atoms with Crippen molar-refractivity contribution >= 4 is 16.7 Å². The Labute approximate surface area is 167 Å². The van der Waals surface area contributed by atoms with Crippen molar-refractivity contribution in [1.29, 1.82) is 0 Å². The van der Waals surface area contributed by atoms with Crippen LogP contribution in [0.1, 0.15) is 35.8 Å². The van der Waals surface area contributed by atoms with Crippen LogP contribution in [0.25, 0.3) is 27.9 Å². The van der Waals surface area contributed by atoms with Crippen molar-refractivity contribution in [2.45, 2.75) is 32.6 Å². The summed E-state index contributed by atoms with van der Waals surface area (Å²) >= 11 is 0. The summed E-state index contributed by atoms with van der Waals surface area (Å²) in [7, 11) is 2.11. The fourth-order valence-electron chi connectivity index (χ4n) is 3.99. The van der Waals surface area contributed by atoms with E-state index in [0.29, 0.717) is 22.6 Å². The standard InChI is InChI=1S/C21H22FN7/c1-12-8-17(27-29-11-13(2)23-21(12)29)15-9-16(22)19-18(10-15)25-26-20(24-19)14-4-6-28(3)7-5-14/h8-11,14H,4-7H2,1-3H3. The van der Waals surface area contributed by atoms with Gasteiger partial charge < -0.3 is 4.90 Å². The summed E-state index contributed by atoms with van der Waals surface area (Å²) in [5.74, 6) is 0.475. The molecule has 148 valence electrons. The van der Waals surface area contributed by atoms with Gasteiger partial charge in [-0.2, -0.15) is 5.10 Å². The Morgan fingerprint density at radius 3 is 2.62 bits per heavy atom. The van der Waals surface area contributed by atoms with Crippen LogP contribution in [0.3, 0.4) is 0 Å². The molecule has 7 nitrogen and oxygen atoms in total. The van der Waals surface area contributed by atoms with Crippen molar-refractivity contribution < 1.29 is 4.39 Å². The molecule has 1 aromatic carbocycles. The van der Waals surface area contributed by atoms with E-state index in [-0.39, 0.29) is 11.4 Å². The Hall–Kier alpha value is -3.00. The Morgan fingerprint density at radius 2 is 1.83 bits per heavy atom. The number of aryl methyl sites for hydroxylation is 2. The number of fused-ring (bicyclic) bond motifs is 2. The quantitative estimate of drug-likeness (QED) is 0.522. The zero-order valence-electron chi connectivity index (χ0n) is 16.7. The Balaban J connectivity index is 1.56. The molecule has 8 heteroatoms. The van der Waals surface area contributed by atoms with Crippen molar-refractivity contribution in [3.63, 3.8) is 0 Å². The molecule has 1 fully saturated rings. The maximum absolute atomic E-state index is 15.0. The molecule has 0 spiro atoms. The zero-order valence-corrected chi connectivity index (χ0v) is 16.7. The molecule has 3 aromatic heterocycles. The number of piperidine rings is 1. The normalized spacial score (nSPS) is 16.1. The summed E-state index contributed by atoms with van der Waals surface area (Å²) < 4.78 is 16.7. The van der Waals surface area contributed by atoms with Gasteiger partial charge in [-0.05, 0) is 70.6 Å². The van der Waals surface area contributed by atoms with E-state index in [2.05, 4.69) is 37.2 Å². The van der Waals surface area contributed by atoms with Crippen LogP contribution in [0.4, 0.5) is 4.39 Å². The fourth-order valence-corrected chi connectivity index (χ4v) is 3.99. The van der Waals surface area contributed by atoms with Crippen molar-refractivity contribution in [2.75, 3.05) is 20.1 Å². The molecule has 5 rings (SSSR count). The van der Waals surface area contributed by atoms with Crippen LogP contribution in [0.2, 0.25) is 0 Å². The van der Waals surface area contributed by atoms with Crippen LogP contribution in [-0.4, -0.2) is 54.8 Å². The molecule has 1 aliphatic rings. The molecular weight excluding hydrogens is 369 g/mol. The SMILES string of the molecule is Cc1cn2nc(-c3cc(F)c4nc(C5CCN(C)CC5)nnc4c3)cc(C)c2n1. The molecule has 1 aliphatic heterocycles. The molecule has 0 aliphatic carbocycles. The average Bonchev–Trinajstić information content (AvgIpc) is 3.09. The maximum atomic E-state index is 15.0. The minimum atomic E-state index is -0.400. The molecule has 0 bridgehead atoms. The van der Waals surface area contributed by atoms with Crippen LogP contribution in [0, 0.1) is 19.7 Å². The van der Waals surface area contributed by atoms with Crippen LogP contribution < -0.4 is 0 Å². The molecule has 0 N–H and O–H groups in total. The van der Waals surface area contributed by atoms with Crippen molar-refractivity contribution in [2.24, 2.45) is 0 Å². The number of benzene rings is 1. The molecule has 0 unspecified atom stereocenters. The fraction of sp³-hybridized carbons (Fsp3) is 0.381. The third-order valence-corrected chi connectivity index (χ3v) is 5.64. The second kappa shape index (κ2) is 6.81. The highest BCUT2D eigenvalue weighted by molar-refractivity contribution is 5.81. The lowest BCUT2D eigenvalue weighted by Gasteiger charge is -2.27. The van der Waals surface area contributed by atoms with Gasteiger partial charge in [0.2, 0.25) is 0 Å². The van der Waals surface area contributed by atoms with Crippen LogP contribution in [-0.2, 0) is 0 Å². The van der Waals surface area contributed by atoms with E-state index < -0.39 is 5.82 Å². The predicted molar refractivity (Wildman–Crippen MR) is 108 cm³/mol. The van der Waals surface area contributed by atoms with Gasteiger partial charge in [-0.3, -0.25) is 0 Å². The summed E-state index contributed by atoms with van der Waals surface area (Å²) in [5, 5.41) is 13.2. The monoisotopic (exact) mass is 391 g/mol.